The van der Waals surface area contributed by atoms with Crippen molar-refractivity contribution in [2.45, 2.75) is 39.4 Å². The lowest BCUT2D eigenvalue weighted by atomic mass is 10.0. The van der Waals surface area contributed by atoms with Gasteiger partial charge in [0.25, 0.3) is 5.56 Å². The lowest BCUT2D eigenvalue weighted by molar-refractivity contribution is 0.650. The zero-order valence-corrected chi connectivity index (χ0v) is 17.8. The lowest BCUT2D eigenvalue weighted by Crippen LogP contribution is -2.22. The fraction of sp³-hybridized carbons (Fsp3) is 0.333. The van der Waals surface area contributed by atoms with E-state index in [2.05, 4.69) is 9.38 Å². The van der Waals surface area contributed by atoms with E-state index in [0.29, 0.717) is 22.4 Å². The van der Waals surface area contributed by atoms with E-state index >= 15 is 0 Å². The van der Waals surface area contributed by atoms with Gasteiger partial charge in [0.05, 0.1) is 21.4 Å². The molecule has 0 aliphatic rings. The summed E-state index contributed by atoms with van der Waals surface area (Å²) in [5.74, 6) is 0.528. The van der Waals surface area contributed by atoms with Crippen LogP contribution in [0.4, 0.5) is 0 Å². The maximum absolute atomic E-state index is 13.0. The first-order valence-electron chi connectivity index (χ1n) is 8.99. The van der Waals surface area contributed by atoms with Crippen molar-refractivity contribution >= 4 is 27.6 Å². The van der Waals surface area contributed by atoms with Crippen LogP contribution in [0, 0.1) is 6.92 Å². The van der Waals surface area contributed by atoms with E-state index in [1.165, 1.54) is 4.57 Å². The quantitative estimate of drug-likeness (QED) is 0.634. The highest BCUT2D eigenvalue weighted by Gasteiger charge is 2.21. The minimum atomic E-state index is -1.40. The number of aryl methyl sites for hydroxylation is 1. The molecule has 0 saturated carbocycles. The molecule has 6 nitrogen and oxygen atoms in total. The van der Waals surface area contributed by atoms with E-state index in [-0.39, 0.29) is 5.56 Å². The Kier molecular flexibility index (Phi) is 5.30. The van der Waals surface area contributed by atoms with Gasteiger partial charge < -0.3 is 0 Å². The van der Waals surface area contributed by atoms with E-state index in [9.17, 15) is 9.00 Å². The van der Waals surface area contributed by atoms with Gasteiger partial charge in [-0.2, -0.15) is 4.40 Å². The Morgan fingerprint density at radius 3 is 2.57 bits per heavy atom. The predicted molar refractivity (Wildman–Crippen MR) is 115 cm³/mol. The topological polar surface area (TPSA) is 77.2 Å². The van der Waals surface area contributed by atoms with Crippen LogP contribution in [0.2, 0.25) is 0 Å². The minimum absolute atomic E-state index is 0.140. The second kappa shape index (κ2) is 7.39. The highest BCUT2D eigenvalue weighted by molar-refractivity contribution is 7.85. The Bertz CT molecular complexity index is 1160. The van der Waals surface area contributed by atoms with Crippen LogP contribution in [0.25, 0.3) is 22.3 Å². The van der Waals surface area contributed by atoms with Crippen molar-refractivity contribution < 1.29 is 4.21 Å². The first-order valence-corrected chi connectivity index (χ1v) is 10.1. The van der Waals surface area contributed by atoms with Gasteiger partial charge >= 0.3 is 0 Å². The van der Waals surface area contributed by atoms with E-state index in [0.717, 1.165) is 16.7 Å². The van der Waals surface area contributed by atoms with Gasteiger partial charge in [-0.3, -0.25) is 14.3 Å². The Balaban J connectivity index is 2.33. The van der Waals surface area contributed by atoms with E-state index in [4.69, 9.17) is 4.98 Å². The summed E-state index contributed by atoms with van der Waals surface area (Å²) in [5.41, 5.74) is 3.41. The number of benzene rings is 1. The summed E-state index contributed by atoms with van der Waals surface area (Å²) in [6, 6.07) is 7.43. The first kappa shape index (κ1) is 20.1. The largest absolute Gasteiger partial charge is 0.295 e. The smallest absolute Gasteiger partial charge is 0.261 e. The van der Waals surface area contributed by atoms with E-state index < -0.39 is 15.7 Å². The maximum atomic E-state index is 13.0. The van der Waals surface area contributed by atoms with Gasteiger partial charge in [0.15, 0.2) is 0 Å². The molecule has 3 rings (SSSR count). The molecule has 0 aliphatic heterocycles. The zero-order chi connectivity index (χ0) is 20.6. The average Bonchev–Trinajstić information content (AvgIpc) is 2.64. The number of hydrogen-bond acceptors (Lipinski definition) is 4. The van der Waals surface area contributed by atoms with Crippen LogP contribution in [-0.2, 0) is 18.0 Å². The number of fused-ring (bicyclic) bond motifs is 1. The summed E-state index contributed by atoms with van der Waals surface area (Å²) in [6.07, 6.45) is 3.35. The van der Waals surface area contributed by atoms with Gasteiger partial charge in [-0.1, -0.05) is 0 Å². The standard InChI is InChI=1S/C21H24N4O2S/c1-13-10-16(14(2)24-28(27)21(3,4)5)18-17(11-13)20(26)25(6)19(23-18)15-8-7-9-22-12-15/h7-12H,1-6H3/b24-14-/t28-/m1/s1. The highest BCUT2D eigenvalue weighted by atomic mass is 32.2. The zero-order valence-electron chi connectivity index (χ0n) is 17.0. The number of rotatable bonds is 3. The van der Waals surface area contributed by atoms with Gasteiger partial charge in [-0.15, -0.1) is 0 Å². The summed E-state index contributed by atoms with van der Waals surface area (Å²) in [7, 11) is 0.301. The number of nitrogens with zero attached hydrogens (tertiary/aromatic N) is 4. The summed E-state index contributed by atoms with van der Waals surface area (Å²) < 4.78 is 18.0. The lowest BCUT2D eigenvalue weighted by Gasteiger charge is -2.15. The van der Waals surface area contributed by atoms with Crippen LogP contribution in [-0.4, -0.2) is 29.2 Å². The first-order chi connectivity index (χ1) is 13.1. The summed E-state index contributed by atoms with van der Waals surface area (Å²) in [4.78, 5) is 21.9. The fourth-order valence-electron chi connectivity index (χ4n) is 2.86. The van der Waals surface area contributed by atoms with Crippen LogP contribution in [0.3, 0.4) is 0 Å². The third-order valence-corrected chi connectivity index (χ3v) is 5.87. The molecule has 0 aliphatic carbocycles. The van der Waals surface area contributed by atoms with Crippen LogP contribution in [0.15, 0.2) is 45.9 Å². The molecule has 2 heterocycles. The molecule has 28 heavy (non-hydrogen) atoms. The van der Waals surface area contributed by atoms with Crippen molar-refractivity contribution in [2.75, 3.05) is 0 Å². The molecular weight excluding hydrogens is 372 g/mol. The molecule has 0 fully saturated rings. The monoisotopic (exact) mass is 396 g/mol. The van der Waals surface area contributed by atoms with Crippen molar-refractivity contribution in [3.63, 3.8) is 0 Å². The molecule has 1 aromatic carbocycles. The molecular formula is C21H24N4O2S. The molecule has 2 aromatic heterocycles. The molecule has 0 N–H and O–H groups in total. The van der Waals surface area contributed by atoms with Gasteiger partial charge in [0, 0.05) is 30.6 Å². The Hall–Kier alpha value is -2.67. The average molecular weight is 397 g/mol. The summed E-state index contributed by atoms with van der Waals surface area (Å²) >= 11 is 0. The Labute approximate surface area is 167 Å². The third kappa shape index (κ3) is 3.80. The van der Waals surface area contributed by atoms with Gasteiger partial charge in [0.2, 0.25) is 0 Å². The van der Waals surface area contributed by atoms with Crippen LogP contribution in [0.1, 0.15) is 38.8 Å². The Morgan fingerprint density at radius 1 is 1.25 bits per heavy atom. The van der Waals surface area contributed by atoms with Crippen LogP contribution >= 0.6 is 0 Å². The van der Waals surface area contributed by atoms with Crippen molar-refractivity contribution in [1.29, 1.82) is 0 Å². The molecule has 0 radical (unpaired) electrons. The Morgan fingerprint density at radius 2 is 1.96 bits per heavy atom. The van der Waals surface area contributed by atoms with Crippen molar-refractivity contribution in [3.8, 4) is 11.4 Å². The summed E-state index contributed by atoms with van der Waals surface area (Å²) in [6.45, 7) is 9.36. The molecule has 146 valence electrons. The molecule has 0 amide bonds. The van der Waals surface area contributed by atoms with Crippen LogP contribution < -0.4 is 5.56 Å². The SMILES string of the molecule is C/C(=N/[S@](=O)C(C)(C)C)c1cc(C)cc2c(=O)n(C)c(-c3cccnc3)nc12. The molecule has 0 unspecified atom stereocenters. The van der Waals surface area contributed by atoms with E-state index in [1.54, 1.807) is 32.4 Å². The van der Waals surface area contributed by atoms with Gasteiger partial charge in [0.1, 0.15) is 16.8 Å². The predicted octanol–water partition coefficient (Wildman–Crippen LogP) is 3.58. The number of aromatic nitrogens is 3. The molecule has 7 heteroatoms. The minimum Gasteiger partial charge on any atom is -0.295 e. The number of pyridine rings is 1. The molecule has 3 aromatic rings. The second-order valence-corrected chi connectivity index (χ2v) is 9.69. The van der Waals surface area contributed by atoms with Gasteiger partial charge in [-0.05, 0) is 64.4 Å². The van der Waals surface area contributed by atoms with Gasteiger partial charge in [-0.25, -0.2) is 9.19 Å². The van der Waals surface area contributed by atoms with Crippen LogP contribution in [0.5, 0.6) is 0 Å². The fourth-order valence-corrected chi connectivity index (χ4v) is 3.48. The molecule has 1 atom stereocenters. The molecule has 0 bridgehead atoms. The second-order valence-electron chi connectivity index (χ2n) is 7.79. The maximum Gasteiger partial charge on any atom is 0.261 e. The third-order valence-electron chi connectivity index (χ3n) is 4.38. The highest BCUT2D eigenvalue weighted by Crippen LogP contribution is 2.23. The normalized spacial score (nSPS) is 13.7. The molecule has 0 saturated heterocycles. The van der Waals surface area contributed by atoms with Crippen molar-refractivity contribution in [1.82, 2.24) is 14.5 Å². The van der Waals surface area contributed by atoms with E-state index in [1.807, 2.05) is 45.9 Å². The van der Waals surface area contributed by atoms with Crippen molar-refractivity contribution in [2.24, 2.45) is 11.4 Å². The number of hydrogen-bond donors (Lipinski definition) is 0. The summed E-state index contributed by atoms with van der Waals surface area (Å²) in [5, 5.41) is 0.515. The molecule has 0 spiro atoms. The van der Waals surface area contributed by atoms with Crippen molar-refractivity contribution in [3.05, 3.63) is 58.1 Å².